The van der Waals surface area contributed by atoms with E-state index in [1.807, 2.05) is 35.2 Å². The average molecular weight is 293 g/mol. The predicted molar refractivity (Wildman–Crippen MR) is 81.3 cm³/mol. The van der Waals surface area contributed by atoms with E-state index in [0.29, 0.717) is 31.2 Å². The maximum absolute atomic E-state index is 11.9. The van der Waals surface area contributed by atoms with Gasteiger partial charge in [-0.15, -0.1) is 0 Å². The lowest BCUT2D eigenvalue weighted by Crippen LogP contribution is -2.50. The smallest absolute Gasteiger partial charge is 0.234 e. The van der Waals surface area contributed by atoms with Crippen molar-refractivity contribution in [1.29, 1.82) is 0 Å². The van der Waals surface area contributed by atoms with Crippen molar-refractivity contribution in [2.24, 2.45) is 5.73 Å². The molecule has 3 N–H and O–H groups in total. The minimum atomic E-state index is -0.249. The summed E-state index contributed by atoms with van der Waals surface area (Å²) in [4.78, 5) is 14.3. The molecule has 0 aromatic heterocycles. The molecule has 1 aromatic rings. The molecule has 1 amide bonds. The van der Waals surface area contributed by atoms with Crippen molar-refractivity contribution in [1.82, 2.24) is 10.2 Å². The topological polar surface area (TPSA) is 67.6 Å². The number of carbonyl (C=O) groups is 1. The van der Waals surface area contributed by atoms with E-state index in [1.165, 1.54) is 0 Å². The monoisotopic (exact) mass is 293 g/mol. The number of carbonyl (C=O) groups excluding carboxylic acids is 1. The predicted octanol–water partition coefficient (Wildman–Crippen LogP) is 0.290. The maximum Gasteiger partial charge on any atom is 0.234 e. The summed E-state index contributed by atoms with van der Waals surface area (Å²) in [6.07, 6.45) is -0.249. The zero-order chi connectivity index (χ0) is 14.4. The van der Waals surface area contributed by atoms with Gasteiger partial charge in [-0.3, -0.25) is 9.69 Å². The van der Waals surface area contributed by atoms with Crippen LogP contribution in [-0.2, 0) is 16.1 Å². The summed E-state index contributed by atoms with van der Waals surface area (Å²) in [5.41, 5.74) is 6.66. The Labute approximate surface area is 124 Å². The van der Waals surface area contributed by atoms with E-state index in [2.05, 4.69) is 5.32 Å². The number of nitrogens with two attached hydrogens (primary N) is 1. The number of morpholine rings is 1. The van der Waals surface area contributed by atoms with Crippen molar-refractivity contribution in [2.75, 3.05) is 26.2 Å². The minimum Gasteiger partial charge on any atom is -0.391 e. The quantitative estimate of drug-likeness (QED) is 0.764. The number of ether oxygens (including phenoxy) is 1. The van der Waals surface area contributed by atoms with Crippen LogP contribution in [0, 0.1) is 0 Å². The Bertz CT molecular complexity index is 467. The van der Waals surface area contributed by atoms with Gasteiger partial charge in [-0.2, -0.15) is 0 Å². The molecule has 5 nitrogen and oxygen atoms in total. The summed E-state index contributed by atoms with van der Waals surface area (Å²) < 4.78 is 5.44. The van der Waals surface area contributed by atoms with Gasteiger partial charge in [0.15, 0.2) is 0 Å². The summed E-state index contributed by atoms with van der Waals surface area (Å²) in [6, 6.07) is 9.83. The summed E-state index contributed by atoms with van der Waals surface area (Å²) in [6.45, 7) is 2.73. The van der Waals surface area contributed by atoms with E-state index < -0.39 is 0 Å². The Balaban J connectivity index is 1.75. The SMILES string of the molecule is NC(=S)C1CN(CC(=O)NCc2ccccc2)CCO1. The number of hydrogen-bond donors (Lipinski definition) is 2. The van der Waals surface area contributed by atoms with E-state index in [0.717, 1.165) is 12.1 Å². The first-order valence-electron chi connectivity index (χ1n) is 6.59. The van der Waals surface area contributed by atoms with Gasteiger partial charge >= 0.3 is 0 Å². The lowest BCUT2D eigenvalue weighted by atomic mass is 10.2. The highest BCUT2D eigenvalue weighted by atomic mass is 32.1. The number of benzene rings is 1. The second-order valence-corrected chi connectivity index (χ2v) is 5.23. The Morgan fingerprint density at radius 1 is 1.45 bits per heavy atom. The number of nitrogens with one attached hydrogen (secondary N) is 1. The van der Waals surface area contributed by atoms with E-state index in [9.17, 15) is 4.79 Å². The molecule has 1 atom stereocenters. The van der Waals surface area contributed by atoms with Gasteiger partial charge in [0.2, 0.25) is 5.91 Å². The molecule has 0 aliphatic carbocycles. The standard InChI is InChI=1S/C14H19N3O2S/c15-14(20)12-9-17(6-7-19-12)10-13(18)16-8-11-4-2-1-3-5-11/h1-5,12H,6-10H2,(H2,15,20)(H,16,18). The molecule has 1 saturated heterocycles. The molecule has 0 saturated carbocycles. The molecule has 6 heteroatoms. The van der Waals surface area contributed by atoms with Crippen LogP contribution in [0.2, 0.25) is 0 Å². The Morgan fingerprint density at radius 3 is 2.90 bits per heavy atom. The van der Waals surface area contributed by atoms with Gasteiger partial charge < -0.3 is 15.8 Å². The molecule has 108 valence electrons. The third-order valence-electron chi connectivity index (χ3n) is 3.17. The molecule has 1 aliphatic heterocycles. The summed E-state index contributed by atoms with van der Waals surface area (Å²) >= 11 is 4.92. The van der Waals surface area contributed by atoms with Crippen LogP contribution in [0.1, 0.15) is 5.56 Å². The van der Waals surface area contributed by atoms with E-state index in [-0.39, 0.29) is 12.0 Å². The summed E-state index contributed by atoms with van der Waals surface area (Å²) in [5.74, 6) is -0.00237. The zero-order valence-corrected chi connectivity index (χ0v) is 12.1. The van der Waals surface area contributed by atoms with E-state index in [4.69, 9.17) is 22.7 Å². The maximum atomic E-state index is 11.9. The van der Waals surface area contributed by atoms with Crippen molar-refractivity contribution < 1.29 is 9.53 Å². The Hall–Kier alpha value is -1.50. The molecule has 0 radical (unpaired) electrons. The molecule has 1 aliphatic rings. The second-order valence-electron chi connectivity index (χ2n) is 4.76. The van der Waals surface area contributed by atoms with Gasteiger partial charge in [0.05, 0.1) is 13.2 Å². The molecule has 1 aromatic carbocycles. The van der Waals surface area contributed by atoms with Crippen molar-refractivity contribution in [2.45, 2.75) is 12.6 Å². The second kappa shape index (κ2) is 7.33. The molecule has 0 bridgehead atoms. The highest BCUT2D eigenvalue weighted by Gasteiger charge is 2.23. The van der Waals surface area contributed by atoms with Gasteiger partial charge in [0.25, 0.3) is 0 Å². The number of amides is 1. The molecule has 1 unspecified atom stereocenters. The Morgan fingerprint density at radius 2 is 2.20 bits per heavy atom. The third-order valence-corrected chi connectivity index (χ3v) is 3.43. The molecule has 1 heterocycles. The first-order valence-corrected chi connectivity index (χ1v) is 7.00. The molecule has 20 heavy (non-hydrogen) atoms. The van der Waals surface area contributed by atoms with Crippen LogP contribution >= 0.6 is 12.2 Å². The molecule has 2 rings (SSSR count). The van der Waals surface area contributed by atoms with E-state index >= 15 is 0 Å². The van der Waals surface area contributed by atoms with Gasteiger partial charge in [0, 0.05) is 19.6 Å². The van der Waals surface area contributed by atoms with Crippen molar-refractivity contribution in [3.63, 3.8) is 0 Å². The molecule has 1 fully saturated rings. The van der Waals surface area contributed by atoms with Crippen LogP contribution in [0.3, 0.4) is 0 Å². The fraction of sp³-hybridized carbons (Fsp3) is 0.429. The van der Waals surface area contributed by atoms with Crippen LogP contribution in [0.15, 0.2) is 30.3 Å². The summed E-state index contributed by atoms with van der Waals surface area (Å²) in [7, 11) is 0. The van der Waals surface area contributed by atoms with Crippen LogP contribution in [0.4, 0.5) is 0 Å². The number of thiocarbonyl (C=S) groups is 1. The molecular formula is C14H19N3O2S. The minimum absolute atomic E-state index is 0.00237. The zero-order valence-electron chi connectivity index (χ0n) is 11.2. The fourth-order valence-corrected chi connectivity index (χ4v) is 2.22. The largest absolute Gasteiger partial charge is 0.391 e. The number of rotatable bonds is 5. The van der Waals surface area contributed by atoms with Crippen molar-refractivity contribution in [3.05, 3.63) is 35.9 Å². The van der Waals surface area contributed by atoms with E-state index in [1.54, 1.807) is 0 Å². The first-order chi connectivity index (χ1) is 9.65. The normalized spacial score (nSPS) is 19.5. The average Bonchev–Trinajstić information content (AvgIpc) is 2.46. The first kappa shape index (κ1) is 14.9. The number of hydrogen-bond acceptors (Lipinski definition) is 4. The third kappa shape index (κ3) is 4.56. The van der Waals surface area contributed by atoms with Gasteiger partial charge in [0.1, 0.15) is 11.1 Å². The highest BCUT2D eigenvalue weighted by molar-refractivity contribution is 7.80. The molecular weight excluding hydrogens is 274 g/mol. The van der Waals surface area contributed by atoms with Crippen LogP contribution in [0.25, 0.3) is 0 Å². The van der Waals surface area contributed by atoms with Crippen molar-refractivity contribution >= 4 is 23.1 Å². The van der Waals surface area contributed by atoms with Crippen LogP contribution in [0.5, 0.6) is 0 Å². The fourth-order valence-electron chi connectivity index (χ4n) is 2.07. The van der Waals surface area contributed by atoms with Crippen LogP contribution < -0.4 is 11.1 Å². The number of nitrogens with zero attached hydrogens (tertiary/aromatic N) is 1. The van der Waals surface area contributed by atoms with Gasteiger partial charge in [-0.1, -0.05) is 42.5 Å². The van der Waals surface area contributed by atoms with Crippen LogP contribution in [-0.4, -0.2) is 48.1 Å². The highest BCUT2D eigenvalue weighted by Crippen LogP contribution is 2.05. The Kier molecular flexibility index (Phi) is 5.46. The lowest BCUT2D eigenvalue weighted by molar-refractivity contribution is -0.123. The van der Waals surface area contributed by atoms with Crippen molar-refractivity contribution in [3.8, 4) is 0 Å². The summed E-state index contributed by atoms with van der Waals surface area (Å²) in [5, 5.41) is 2.90. The molecule has 0 spiro atoms. The lowest BCUT2D eigenvalue weighted by Gasteiger charge is -2.31. The van der Waals surface area contributed by atoms with Gasteiger partial charge in [-0.25, -0.2) is 0 Å². The van der Waals surface area contributed by atoms with Gasteiger partial charge in [-0.05, 0) is 5.56 Å².